The van der Waals surface area contributed by atoms with Crippen molar-refractivity contribution < 1.29 is 0 Å². The molecule has 0 aliphatic rings. The van der Waals surface area contributed by atoms with E-state index in [9.17, 15) is 0 Å². The zero-order valence-corrected chi connectivity index (χ0v) is 11.6. The van der Waals surface area contributed by atoms with Gasteiger partial charge in [-0.1, -0.05) is 35.9 Å². The molecule has 0 N–H and O–H groups in total. The average Bonchev–Trinajstić information content (AvgIpc) is 2.41. The van der Waals surface area contributed by atoms with Crippen LogP contribution in [0.3, 0.4) is 0 Å². The van der Waals surface area contributed by atoms with Gasteiger partial charge in [-0.05, 0) is 50.1 Å². The molecule has 0 fully saturated rings. The van der Waals surface area contributed by atoms with E-state index in [1.165, 1.54) is 27.6 Å². The molecule has 19 heavy (non-hydrogen) atoms. The zero-order valence-electron chi connectivity index (χ0n) is 11.6. The van der Waals surface area contributed by atoms with E-state index in [-0.39, 0.29) is 0 Å². The van der Waals surface area contributed by atoms with E-state index in [4.69, 9.17) is 4.98 Å². The van der Waals surface area contributed by atoms with Crippen molar-refractivity contribution in [3.05, 3.63) is 65.2 Å². The second-order valence-corrected chi connectivity index (χ2v) is 5.16. The molecule has 2 aromatic carbocycles. The van der Waals surface area contributed by atoms with Crippen LogP contribution in [0.25, 0.3) is 22.2 Å². The van der Waals surface area contributed by atoms with Gasteiger partial charge in [0.15, 0.2) is 0 Å². The number of fused-ring (bicyclic) bond motifs is 1. The highest BCUT2D eigenvalue weighted by Gasteiger charge is 2.05. The van der Waals surface area contributed by atoms with Crippen LogP contribution in [-0.4, -0.2) is 4.98 Å². The van der Waals surface area contributed by atoms with Crippen LogP contribution in [0.4, 0.5) is 0 Å². The molecule has 1 nitrogen and oxygen atoms in total. The molecule has 0 amide bonds. The number of hydrogen-bond acceptors (Lipinski definition) is 1. The van der Waals surface area contributed by atoms with Crippen LogP contribution in [0.5, 0.6) is 0 Å². The Morgan fingerprint density at radius 2 is 1.63 bits per heavy atom. The normalized spacial score (nSPS) is 10.9. The van der Waals surface area contributed by atoms with Crippen LogP contribution < -0.4 is 0 Å². The molecule has 1 heterocycles. The highest BCUT2D eigenvalue weighted by atomic mass is 14.7. The van der Waals surface area contributed by atoms with Crippen molar-refractivity contribution in [2.24, 2.45) is 0 Å². The lowest BCUT2D eigenvalue weighted by Gasteiger charge is -2.08. The molecule has 0 unspecified atom stereocenters. The molecule has 0 radical (unpaired) electrons. The number of hydrogen-bond donors (Lipinski definition) is 0. The summed E-state index contributed by atoms with van der Waals surface area (Å²) in [6, 6.07) is 17.1. The SMILES string of the molecule is Cc1ccc(C)c(-c2ccc3c(C)cccc3n2)c1. The minimum atomic E-state index is 1.05. The highest BCUT2D eigenvalue weighted by molar-refractivity contribution is 5.84. The Hall–Kier alpha value is -2.15. The molecule has 0 aliphatic heterocycles. The minimum absolute atomic E-state index is 1.05. The quantitative estimate of drug-likeness (QED) is 0.600. The highest BCUT2D eigenvalue weighted by Crippen LogP contribution is 2.26. The molecule has 0 saturated carbocycles. The fourth-order valence-electron chi connectivity index (χ4n) is 2.47. The fraction of sp³-hybridized carbons (Fsp3) is 0.167. The Bertz CT molecular complexity index is 757. The largest absolute Gasteiger partial charge is 0.248 e. The van der Waals surface area contributed by atoms with Crippen LogP contribution >= 0.6 is 0 Å². The summed E-state index contributed by atoms with van der Waals surface area (Å²) in [6.07, 6.45) is 0. The molecule has 0 atom stereocenters. The lowest BCUT2D eigenvalue weighted by atomic mass is 10.0. The van der Waals surface area contributed by atoms with E-state index in [1.807, 2.05) is 0 Å². The Morgan fingerprint density at radius 3 is 2.47 bits per heavy atom. The van der Waals surface area contributed by atoms with Crippen molar-refractivity contribution in [3.63, 3.8) is 0 Å². The van der Waals surface area contributed by atoms with Crippen LogP contribution in [0, 0.1) is 20.8 Å². The van der Waals surface area contributed by atoms with Gasteiger partial charge in [0.25, 0.3) is 0 Å². The van der Waals surface area contributed by atoms with E-state index in [0.717, 1.165) is 11.2 Å². The second kappa shape index (κ2) is 4.51. The Labute approximate surface area is 113 Å². The minimum Gasteiger partial charge on any atom is -0.248 e. The van der Waals surface area contributed by atoms with Gasteiger partial charge in [-0.2, -0.15) is 0 Å². The summed E-state index contributed by atoms with van der Waals surface area (Å²) in [4.78, 5) is 4.81. The van der Waals surface area contributed by atoms with Crippen LogP contribution in [0.1, 0.15) is 16.7 Å². The average molecular weight is 247 g/mol. The molecular formula is C18H17N. The van der Waals surface area contributed by atoms with Gasteiger partial charge in [0.05, 0.1) is 11.2 Å². The summed E-state index contributed by atoms with van der Waals surface area (Å²) in [6.45, 7) is 6.38. The third kappa shape index (κ3) is 2.12. The number of aromatic nitrogens is 1. The summed E-state index contributed by atoms with van der Waals surface area (Å²) < 4.78 is 0. The predicted octanol–water partition coefficient (Wildman–Crippen LogP) is 4.83. The van der Waals surface area contributed by atoms with Crippen molar-refractivity contribution in [2.45, 2.75) is 20.8 Å². The van der Waals surface area contributed by atoms with Gasteiger partial charge in [0.2, 0.25) is 0 Å². The van der Waals surface area contributed by atoms with Gasteiger partial charge in [-0.3, -0.25) is 0 Å². The maximum atomic E-state index is 4.81. The summed E-state index contributed by atoms with van der Waals surface area (Å²) in [5.41, 5.74) is 7.16. The maximum absolute atomic E-state index is 4.81. The summed E-state index contributed by atoms with van der Waals surface area (Å²) in [7, 11) is 0. The summed E-state index contributed by atoms with van der Waals surface area (Å²) >= 11 is 0. The molecule has 0 saturated heterocycles. The fourth-order valence-corrected chi connectivity index (χ4v) is 2.47. The standard InChI is InChI=1S/C18H17N/c1-12-7-8-14(3)16(11-12)18-10-9-15-13(2)5-4-6-17(15)19-18/h4-11H,1-3H3. The molecule has 0 bridgehead atoms. The summed E-state index contributed by atoms with van der Waals surface area (Å²) in [5, 5.41) is 1.23. The van der Waals surface area contributed by atoms with Crippen molar-refractivity contribution >= 4 is 10.9 Å². The monoisotopic (exact) mass is 247 g/mol. The lowest BCUT2D eigenvalue weighted by molar-refractivity contribution is 1.33. The molecule has 1 aromatic heterocycles. The molecule has 1 heteroatoms. The van der Waals surface area contributed by atoms with E-state index < -0.39 is 0 Å². The van der Waals surface area contributed by atoms with Gasteiger partial charge in [0, 0.05) is 10.9 Å². The number of benzene rings is 2. The smallest absolute Gasteiger partial charge is 0.0712 e. The maximum Gasteiger partial charge on any atom is 0.0712 e. The van der Waals surface area contributed by atoms with Gasteiger partial charge in [-0.25, -0.2) is 4.98 Å². The van der Waals surface area contributed by atoms with Crippen LogP contribution in [0.15, 0.2) is 48.5 Å². The first-order valence-corrected chi connectivity index (χ1v) is 6.59. The van der Waals surface area contributed by atoms with Crippen molar-refractivity contribution in [3.8, 4) is 11.3 Å². The number of nitrogens with zero attached hydrogens (tertiary/aromatic N) is 1. The predicted molar refractivity (Wildman–Crippen MR) is 81.4 cm³/mol. The molecule has 0 spiro atoms. The van der Waals surface area contributed by atoms with Gasteiger partial charge >= 0.3 is 0 Å². The number of pyridine rings is 1. The van der Waals surface area contributed by atoms with E-state index in [1.54, 1.807) is 0 Å². The van der Waals surface area contributed by atoms with Gasteiger partial charge in [-0.15, -0.1) is 0 Å². The van der Waals surface area contributed by atoms with Crippen LogP contribution in [-0.2, 0) is 0 Å². The zero-order chi connectivity index (χ0) is 13.4. The second-order valence-electron chi connectivity index (χ2n) is 5.16. The first-order valence-electron chi connectivity index (χ1n) is 6.59. The first kappa shape index (κ1) is 11.9. The molecular weight excluding hydrogens is 230 g/mol. The molecule has 94 valence electrons. The van der Waals surface area contributed by atoms with E-state index in [0.29, 0.717) is 0 Å². The third-order valence-electron chi connectivity index (χ3n) is 3.62. The first-order chi connectivity index (χ1) is 9.15. The van der Waals surface area contributed by atoms with E-state index >= 15 is 0 Å². The van der Waals surface area contributed by atoms with E-state index in [2.05, 4.69) is 69.3 Å². The van der Waals surface area contributed by atoms with Crippen LogP contribution in [0.2, 0.25) is 0 Å². The number of rotatable bonds is 1. The Balaban J connectivity index is 2.23. The lowest BCUT2D eigenvalue weighted by Crippen LogP contribution is -1.90. The van der Waals surface area contributed by atoms with Crippen molar-refractivity contribution in [1.82, 2.24) is 4.98 Å². The number of aryl methyl sites for hydroxylation is 3. The third-order valence-corrected chi connectivity index (χ3v) is 3.62. The van der Waals surface area contributed by atoms with Gasteiger partial charge in [0.1, 0.15) is 0 Å². The Morgan fingerprint density at radius 1 is 0.789 bits per heavy atom. The van der Waals surface area contributed by atoms with Crippen molar-refractivity contribution in [1.29, 1.82) is 0 Å². The Kier molecular flexibility index (Phi) is 2.83. The summed E-state index contributed by atoms with van der Waals surface area (Å²) in [5.74, 6) is 0. The van der Waals surface area contributed by atoms with Crippen molar-refractivity contribution in [2.75, 3.05) is 0 Å². The topological polar surface area (TPSA) is 12.9 Å². The van der Waals surface area contributed by atoms with Gasteiger partial charge < -0.3 is 0 Å². The molecule has 0 aliphatic carbocycles. The molecule has 3 aromatic rings. The molecule has 3 rings (SSSR count).